The van der Waals surface area contributed by atoms with Crippen molar-refractivity contribution in [2.75, 3.05) is 46.9 Å². The number of rotatable bonds is 8. The SMILES string of the molecule is COc1cc(CCC2SC(N3CCN(C)CC3)=NC2=O)ccc1OCCCC(F)(F)F. The molecule has 1 aromatic carbocycles. The van der Waals surface area contributed by atoms with Crippen molar-refractivity contribution in [2.24, 2.45) is 4.99 Å². The number of amides is 1. The van der Waals surface area contributed by atoms with Crippen molar-refractivity contribution >= 4 is 22.8 Å². The lowest BCUT2D eigenvalue weighted by Gasteiger charge is -2.33. The Labute approximate surface area is 184 Å². The molecule has 1 unspecified atom stereocenters. The lowest BCUT2D eigenvalue weighted by atomic mass is 10.1. The molecule has 1 aromatic rings. The number of alkyl halides is 3. The molecule has 0 aromatic heterocycles. The number of likely N-dealkylation sites (N-methyl/N-ethyl adjacent to an activating group) is 1. The van der Waals surface area contributed by atoms with E-state index in [1.807, 2.05) is 12.1 Å². The molecule has 0 radical (unpaired) electrons. The molecule has 2 heterocycles. The Kier molecular flexibility index (Phi) is 8.10. The summed E-state index contributed by atoms with van der Waals surface area (Å²) in [6.45, 7) is 3.65. The zero-order chi connectivity index (χ0) is 22.4. The number of aliphatic imine (C=N–C) groups is 1. The first kappa shape index (κ1) is 23.7. The predicted molar refractivity (Wildman–Crippen MR) is 115 cm³/mol. The molecule has 2 aliphatic rings. The Bertz CT molecular complexity index is 796. The van der Waals surface area contributed by atoms with Gasteiger partial charge in [-0.1, -0.05) is 17.8 Å². The third kappa shape index (κ3) is 7.03. The fraction of sp³-hybridized carbons (Fsp3) is 0.619. The van der Waals surface area contributed by atoms with E-state index in [1.165, 1.54) is 18.9 Å². The molecule has 1 atom stereocenters. The van der Waals surface area contributed by atoms with Crippen LogP contribution in [0.2, 0.25) is 0 Å². The van der Waals surface area contributed by atoms with E-state index in [1.54, 1.807) is 6.07 Å². The second-order valence-electron chi connectivity index (χ2n) is 7.72. The Balaban J connectivity index is 1.48. The van der Waals surface area contributed by atoms with E-state index in [2.05, 4.69) is 21.8 Å². The van der Waals surface area contributed by atoms with E-state index >= 15 is 0 Å². The van der Waals surface area contributed by atoms with Crippen LogP contribution in [-0.2, 0) is 11.2 Å². The van der Waals surface area contributed by atoms with E-state index < -0.39 is 12.6 Å². The summed E-state index contributed by atoms with van der Waals surface area (Å²) in [5.41, 5.74) is 0.973. The summed E-state index contributed by atoms with van der Waals surface area (Å²) in [6.07, 6.45) is -3.84. The van der Waals surface area contributed by atoms with Crippen molar-refractivity contribution in [3.8, 4) is 11.5 Å². The van der Waals surface area contributed by atoms with Gasteiger partial charge in [-0.25, -0.2) is 0 Å². The second-order valence-corrected chi connectivity index (χ2v) is 8.89. The standard InChI is InChI=1S/C21H28F3N3O3S/c1-26-9-11-27(12-10-26)20-25-19(28)18(31-20)7-5-15-4-6-16(17(14-15)29-2)30-13-3-8-21(22,23)24/h4,6,14,18H,3,5,7-13H2,1-2H3. The van der Waals surface area contributed by atoms with Gasteiger partial charge in [0.05, 0.1) is 19.0 Å². The molecule has 1 saturated heterocycles. The molecular formula is C21H28F3N3O3S. The van der Waals surface area contributed by atoms with Crippen molar-refractivity contribution in [2.45, 2.75) is 37.1 Å². The van der Waals surface area contributed by atoms with Gasteiger partial charge in [-0.2, -0.15) is 18.2 Å². The number of carbonyl (C=O) groups excluding carboxylic acids is 1. The number of aryl methyl sites for hydroxylation is 1. The summed E-state index contributed by atoms with van der Waals surface area (Å²) < 4.78 is 47.5. The van der Waals surface area contributed by atoms with Crippen molar-refractivity contribution in [1.29, 1.82) is 0 Å². The largest absolute Gasteiger partial charge is 0.493 e. The van der Waals surface area contributed by atoms with Crippen LogP contribution >= 0.6 is 11.8 Å². The number of amidine groups is 1. The summed E-state index contributed by atoms with van der Waals surface area (Å²) >= 11 is 1.53. The number of benzene rings is 1. The predicted octanol–water partition coefficient (Wildman–Crippen LogP) is 3.59. The molecule has 0 aliphatic carbocycles. The maximum absolute atomic E-state index is 12.3. The molecular weight excluding hydrogens is 431 g/mol. The topological polar surface area (TPSA) is 54.4 Å². The summed E-state index contributed by atoms with van der Waals surface area (Å²) in [5, 5.41) is 0.627. The van der Waals surface area contributed by atoms with Crippen LogP contribution in [0, 0.1) is 0 Å². The number of methoxy groups -OCH3 is 1. The fourth-order valence-electron chi connectivity index (χ4n) is 3.43. The van der Waals surface area contributed by atoms with Gasteiger partial charge in [-0.15, -0.1) is 0 Å². The average Bonchev–Trinajstić information content (AvgIpc) is 3.10. The van der Waals surface area contributed by atoms with Gasteiger partial charge in [-0.3, -0.25) is 4.79 Å². The van der Waals surface area contributed by atoms with Crippen LogP contribution in [0.5, 0.6) is 11.5 Å². The van der Waals surface area contributed by atoms with E-state index in [0.29, 0.717) is 24.3 Å². The molecule has 2 aliphatic heterocycles. The first-order chi connectivity index (χ1) is 14.7. The number of hydrogen-bond acceptors (Lipinski definition) is 6. The molecule has 172 valence electrons. The Hall–Kier alpha value is -1.94. The van der Waals surface area contributed by atoms with Crippen molar-refractivity contribution in [1.82, 2.24) is 9.80 Å². The molecule has 6 nitrogen and oxygen atoms in total. The highest BCUT2D eigenvalue weighted by Crippen LogP contribution is 2.32. The lowest BCUT2D eigenvalue weighted by Crippen LogP contribution is -2.46. The molecule has 0 saturated carbocycles. The quantitative estimate of drug-likeness (QED) is 0.554. The highest BCUT2D eigenvalue weighted by molar-refractivity contribution is 8.15. The normalized spacial score (nSPS) is 20.2. The molecule has 1 fully saturated rings. The van der Waals surface area contributed by atoms with Crippen LogP contribution in [0.1, 0.15) is 24.8 Å². The first-order valence-electron chi connectivity index (χ1n) is 10.3. The summed E-state index contributed by atoms with van der Waals surface area (Å²) in [4.78, 5) is 21.0. The van der Waals surface area contributed by atoms with Gasteiger partial charge in [0.15, 0.2) is 16.7 Å². The smallest absolute Gasteiger partial charge is 0.389 e. The van der Waals surface area contributed by atoms with Crippen molar-refractivity contribution in [3.05, 3.63) is 23.8 Å². The number of nitrogens with zero attached hydrogens (tertiary/aromatic N) is 3. The van der Waals surface area contributed by atoms with Crippen LogP contribution in [0.3, 0.4) is 0 Å². The fourth-order valence-corrected chi connectivity index (χ4v) is 4.55. The lowest BCUT2D eigenvalue weighted by molar-refractivity contribution is -0.136. The zero-order valence-corrected chi connectivity index (χ0v) is 18.6. The number of hydrogen-bond donors (Lipinski definition) is 0. The third-order valence-corrected chi connectivity index (χ3v) is 6.57. The number of halogens is 3. The average molecular weight is 460 g/mol. The van der Waals surface area contributed by atoms with Gasteiger partial charge in [-0.05, 0) is 44.0 Å². The highest BCUT2D eigenvalue weighted by Gasteiger charge is 2.32. The second kappa shape index (κ2) is 10.6. The number of ether oxygens (including phenoxy) is 2. The van der Waals surface area contributed by atoms with Gasteiger partial charge in [0.2, 0.25) is 0 Å². The molecule has 3 rings (SSSR count). The van der Waals surface area contributed by atoms with Gasteiger partial charge in [0, 0.05) is 32.6 Å². The van der Waals surface area contributed by atoms with E-state index in [4.69, 9.17) is 9.47 Å². The number of piperazine rings is 1. The van der Waals surface area contributed by atoms with Gasteiger partial charge < -0.3 is 19.3 Å². The Morgan fingerprint density at radius 2 is 1.94 bits per heavy atom. The van der Waals surface area contributed by atoms with Gasteiger partial charge in [0.1, 0.15) is 0 Å². The van der Waals surface area contributed by atoms with E-state index in [-0.39, 0.29) is 24.2 Å². The van der Waals surface area contributed by atoms with Crippen molar-refractivity contribution in [3.63, 3.8) is 0 Å². The highest BCUT2D eigenvalue weighted by atomic mass is 32.2. The van der Waals surface area contributed by atoms with Crippen LogP contribution in [0.15, 0.2) is 23.2 Å². The van der Waals surface area contributed by atoms with Crippen LogP contribution in [-0.4, -0.2) is 79.2 Å². The number of thioether (sulfide) groups is 1. The van der Waals surface area contributed by atoms with Crippen LogP contribution in [0.25, 0.3) is 0 Å². The minimum atomic E-state index is -4.18. The zero-order valence-electron chi connectivity index (χ0n) is 17.8. The maximum atomic E-state index is 12.3. The van der Waals surface area contributed by atoms with Crippen LogP contribution in [0.4, 0.5) is 13.2 Å². The molecule has 0 N–H and O–H groups in total. The minimum absolute atomic E-state index is 0.0329. The van der Waals surface area contributed by atoms with Crippen LogP contribution < -0.4 is 9.47 Å². The first-order valence-corrected chi connectivity index (χ1v) is 11.2. The van der Waals surface area contributed by atoms with E-state index in [0.717, 1.165) is 36.9 Å². The third-order valence-electron chi connectivity index (χ3n) is 5.29. The van der Waals surface area contributed by atoms with Gasteiger partial charge >= 0.3 is 6.18 Å². The van der Waals surface area contributed by atoms with Gasteiger partial charge in [0.25, 0.3) is 5.91 Å². The molecule has 0 spiro atoms. The Morgan fingerprint density at radius 3 is 2.61 bits per heavy atom. The molecule has 0 bridgehead atoms. The summed E-state index contributed by atoms with van der Waals surface area (Å²) in [7, 11) is 3.58. The Morgan fingerprint density at radius 1 is 1.19 bits per heavy atom. The maximum Gasteiger partial charge on any atom is 0.389 e. The molecule has 1 amide bonds. The summed E-state index contributed by atoms with van der Waals surface area (Å²) in [6, 6.07) is 5.37. The van der Waals surface area contributed by atoms with E-state index in [9.17, 15) is 18.0 Å². The van der Waals surface area contributed by atoms with Crippen molar-refractivity contribution < 1.29 is 27.4 Å². The number of carbonyl (C=O) groups is 1. The molecule has 10 heteroatoms. The monoisotopic (exact) mass is 459 g/mol. The summed E-state index contributed by atoms with van der Waals surface area (Å²) in [5.74, 6) is 0.806. The minimum Gasteiger partial charge on any atom is -0.493 e. The molecule has 31 heavy (non-hydrogen) atoms.